The molecule has 0 saturated heterocycles. The lowest BCUT2D eigenvalue weighted by molar-refractivity contribution is -0.271. The van der Waals surface area contributed by atoms with Crippen LogP contribution in [0.25, 0.3) is 33.3 Å². The average Bonchev–Trinajstić information content (AvgIpc) is 3.59. The molecule has 6 rings (SSSR count). The van der Waals surface area contributed by atoms with E-state index in [4.69, 9.17) is 35.5 Å². The molecule has 10 nitrogen and oxygen atoms in total. The summed E-state index contributed by atoms with van der Waals surface area (Å²) in [5, 5.41) is 4.75. The van der Waals surface area contributed by atoms with Crippen molar-refractivity contribution in [3.05, 3.63) is 59.5 Å². The molecular weight excluding hydrogens is 615 g/mol. The number of nitrogens with zero attached hydrogens (tertiary/aromatic N) is 6. The highest BCUT2D eigenvalue weighted by molar-refractivity contribution is 6.76. The van der Waals surface area contributed by atoms with E-state index >= 15 is 4.39 Å². The molecule has 1 saturated carbocycles. The maximum atomic E-state index is 15.9. The third-order valence-electron chi connectivity index (χ3n) is 8.37. The largest absolute Gasteiger partial charge is 0.453 e. The van der Waals surface area contributed by atoms with Crippen molar-refractivity contribution < 1.29 is 23.3 Å². The van der Waals surface area contributed by atoms with E-state index in [1.807, 2.05) is 17.8 Å². The fourth-order valence-corrected chi connectivity index (χ4v) is 6.64. The quantitative estimate of drug-likeness (QED) is 0.0779. The molecule has 0 bridgehead atoms. The van der Waals surface area contributed by atoms with Gasteiger partial charge in [0, 0.05) is 60.0 Å². The van der Waals surface area contributed by atoms with Crippen LogP contribution in [-0.2, 0) is 27.5 Å². The van der Waals surface area contributed by atoms with Gasteiger partial charge in [-0.3, -0.25) is 9.67 Å². The van der Waals surface area contributed by atoms with Crippen LogP contribution in [0.15, 0.2) is 42.9 Å². The van der Waals surface area contributed by atoms with Crippen LogP contribution >= 0.6 is 11.6 Å². The molecule has 0 aliphatic heterocycles. The number of aromatic nitrogens is 6. The molecule has 2 aromatic carbocycles. The van der Waals surface area contributed by atoms with Crippen molar-refractivity contribution in [2.24, 2.45) is 5.92 Å². The minimum absolute atomic E-state index is 0.0272. The van der Waals surface area contributed by atoms with Crippen LogP contribution in [0, 0.1) is 18.7 Å². The molecule has 3 heterocycles. The van der Waals surface area contributed by atoms with Gasteiger partial charge in [-0.05, 0) is 43.2 Å². The highest BCUT2D eigenvalue weighted by Gasteiger charge is 2.45. The molecule has 0 atom stereocenters. The second-order valence-corrected chi connectivity index (χ2v) is 18.8. The Morgan fingerprint density at radius 2 is 1.76 bits per heavy atom. The molecule has 3 aromatic heterocycles. The highest BCUT2D eigenvalue weighted by atomic mass is 35.5. The van der Waals surface area contributed by atoms with E-state index in [9.17, 15) is 0 Å². The zero-order valence-electron chi connectivity index (χ0n) is 26.4. The van der Waals surface area contributed by atoms with Crippen molar-refractivity contribution in [1.82, 2.24) is 29.3 Å². The molecule has 1 fully saturated rings. The average molecular weight is 653 g/mol. The summed E-state index contributed by atoms with van der Waals surface area (Å²) in [5.41, 5.74) is 3.32. The summed E-state index contributed by atoms with van der Waals surface area (Å²) in [6.07, 6.45) is 7.01. The number of benzene rings is 2. The van der Waals surface area contributed by atoms with E-state index in [1.54, 1.807) is 55.4 Å². The third kappa shape index (κ3) is 6.47. The van der Waals surface area contributed by atoms with Gasteiger partial charge in [0.25, 0.3) is 0 Å². The molecule has 238 valence electrons. The third-order valence-corrected chi connectivity index (χ3v) is 10.4. The Morgan fingerprint density at radius 3 is 2.49 bits per heavy atom. The van der Waals surface area contributed by atoms with E-state index in [0.29, 0.717) is 46.1 Å². The standard InChI is InChI=1S/C32H38ClFN6O4Si/c1-20-37-24-8-10-27(29(34)31(24)40(20)19-43-11-12-45(4,5)6)44-26-9-7-23-30(28(26)33)38-25(16-35-23)22-15-36-39(18-22)17-21-13-32(14-21,41-2)42-3/h7-10,15-16,18,21H,11-14,17,19H2,1-6H3. The van der Waals surface area contributed by atoms with Gasteiger partial charge in [-0.1, -0.05) is 31.2 Å². The van der Waals surface area contributed by atoms with Crippen molar-refractivity contribution in [2.45, 2.75) is 64.5 Å². The number of halogens is 2. The normalized spacial score (nSPS) is 15.2. The summed E-state index contributed by atoms with van der Waals surface area (Å²) >= 11 is 6.80. The molecule has 13 heteroatoms. The van der Waals surface area contributed by atoms with Gasteiger partial charge in [-0.15, -0.1) is 0 Å². The van der Waals surface area contributed by atoms with Gasteiger partial charge in [0.2, 0.25) is 0 Å². The van der Waals surface area contributed by atoms with Gasteiger partial charge in [0.1, 0.15) is 34.4 Å². The van der Waals surface area contributed by atoms with Crippen molar-refractivity contribution in [3.63, 3.8) is 0 Å². The molecular formula is C32H38ClFN6O4Si. The maximum absolute atomic E-state index is 15.9. The van der Waals surface area contributed by atoms with E-state index in [1.165, 1.54) is 0 Å². The Balaban J connectivity index is 1.22. The van der Waals surface area contributed by atoms with Crippen molar-refractivity contribution >= 4 is 41.7 Å². The summed E-state index contributed by atoms with van der Waals surface area (Å²) in [4.78, 5) is 13.9. The molecule has 1 aliphatic carbocycles. The number of imidazole rings is 1. The molecule has 0 radical (unpaired) electrons. The van der Waals surface area contributed by atoms with Crippen molar-refractivity contribution in [3.8, 4) is 22.8 Å². The first-order valence-electron chi connectivity index (χ1n) is 15.0. The fraction of sp³-hybridized carbons (Fsp3) is 0.438. The SMILES string of the molecule is COC1(OC)CC(Cn2cc(-c3cnc4ccc(Oc5ccc6nc(C)n(COCC[Si](C)(C)C)c6c5F)c(Cl)c4n3)cn2)C1. The first kappa shape index (κ1) is 31.6. The molecule has 0 N–H and O–H groups in total. The minimum Gasteiger partial charge on any atom is -0.453 e. The number of fused-ring (bicyclic) bond motifs is 2. The van der Waals surface area contributed by atoms with E-state index in [0.717, 1.165) is 31.0 Å². The lowest BCUT2D eigenvalue weighted by Gasteiger charge is -2.45. The van der Waals surface area contributed by atoms with Crippen LogP contribution in [0.1, 0.15) is 18.7 Å². The first-order valence-corrected chi connectivity index (χ1v) is 19.1. The van der Waals surface area contributed by atoms with Crippen molar-refractivity contribution in [1.29, 1.82) is 0 Å². The number of hydrogen-bond acceptors (Lipinski definition) is 8. The zero-order chi connectivity index (χ0) is 31.9. The smallest absolute Gasteiger partial charge is 0.191 e. The highest BCUT2D eigenvalue weighted by Crippen LogP contribution is 2.42. The first-order chi connectivity index (χ1) is 21.5. The lowest BCUT2D eigenvalue weighted by atomic mass is 9.78. The summed E-state index contributed by atoms with van der Waals surface area (Å²) in [5.74, 6) is 0.332. The van der Waals surface area contributed by atoms with Gasteiger partial charge in [0.05, 0.1) is 29.1 Å². The number of hydrogen-bond donors (Lipinski definition) is 0. The van der Waals surface area contributed by atoms with Gasteiger partial charge < -0.3 is 23.5 Å². The predicted molar refractivity (Wildman–Crippen MR) is 174 cm³/mol. The molecule has 45 heavy (non-hydrogen) atoms. The van der Waals surface area contributed by atoms with Crippen LogP contribution in [0.3, 0.4) is 0 Å². The summed E-state index contributed by atoms with van der Waals surface area (Å²) in [6, 6.07) is 7.73. The maximum Gasteiger partial charge on any atom is 0.191 e. The minimum atomic E-state index is -1.25. The number of aryl methyl sites for hydroxylation is 1. The Bertz CT molecular complexity index is 1840. The zero-order valence-corrected chi connectivity index (χ0v) is 28.2. The number of rotatable bonds is 12. The van der Waals surface area contributed by atoms with Crippen LogP contribution in [0.4, 0.5) is 4.39 Å². The second-order valence-electron chi connectivity index (χ2n) is 12.8. The number of methoxy groups -OCH3 is 2. The predicted octanol–water partition coefficient (Wildman–Crippen LogP) is 7.45. The van der Waals surface area contributed by atoms with E-state index in [2.05, 4.69) is 34.7 Å². The van der Waals surface area contributed by atoms with E-state index in [-0.39, 0.29) is 23.3 Å². The summed E-state index contributed by atoms with van der Waals surface area (Å²) < 4.78 is 42.5. The number of ether oxygens (including phenoxy) is 4. The Hall–Kier alpha value is -3.42. The monoisotopic (exact) mass is 652 g/mol. The van der Waals surface area contributed by atoms with Gasteiger partial charge in [-0.2, -0.15) is 5.10 Å². The Morgan fingerprint density at radius 1 is 1.02 bits per heavy atom. The topological polar surface area (TPSA) is 98.3 Å². The molecule has 1 aliphatic rings. The van der Waals surface area contributed by atoms with Crippen LogP contribution in [0.5, 0.6) is 11.5 Å². The molecule has 0 amide bonds. The van der Waals surface area contributed by atoms with Gasteiger partial charge >= 0.3 is 0 Å². The summed E-state index contributed by atoms with van der Waals surface area (Å²) in [6.45, 7) is 10.3. The van der Waals surface area contributed by atoms with E-state index < -0.39 is 19.7 Å². The van der Waals surface area contributed by atoms with Crippen LogP contribution in [0.2, 0.25) is 30.7 Å². The van der Waals surface area contributed by atoms with Crippen LogP contribution < -0.4 is 4.74 Å². The molecule has 5 aromatic rings. The van der Waals surface area contributed by atoms with Crippen LogP contribution in [-0.4, -0.2) is 64.0 Å². The summed E-state index contributed by atoms with van der Waals surface area (Å²) in [7, 11) is 2.10. The Labute approximate surface area is 267 Å². The lowest BCUT2D eigenvalue weighted by Crippen LogP contribution is -2.48. The van der Waals surface area contributed by atoms with Gasteiger partial charge in [0.15, 0.2) is 17.4 Å². The van der Waals surface area contributed by atoms with Crippen molar-refractivity contribution in [2.75, 3.05) is 20.8 Å². The Kier molecular flexibility index (Phi) is 8.70. The molecule has 0 unspecified atom stereocenters. The second kappa shape index (κ2) is 12.4. The van der Waals surface area contributed by atoms with Gasteiger partial charge in [-0.25, -0.2) is 14.4 Å². The fourth-order valence-electron chi connectivity index (χ4n) is 5.64. The molecule has 0 spiro atoms.